The highest BCUT2D eigenvalue weighted by molar-refractivity contribution is 7.92. The Labute approximate surface area is 182 Å². The summed E-state index contributed by atoms with van der Waals surface area (Å²) >= 11 is 0. The fraction of sp³-hybridized carbons (Fsp3) is 0.0952. The van der Waals surface area contributed by atoms with Gasteiger partial charge in [0.25, 0.3) is 10.0 Å². The number of carbonyl (C=O) groups is 1. The van der Waals surface area contributed by atoms with Gasteiger partial charge >= 0.3 is 12.4 Å². The number of halogens is 3. The van der Waals surface area contributed by atoms with Crippen molar-refractivity contribution in [3.63, 3.8) is 0 Å². The molecule has 11 heteroatoms. The van der Waals surface area contributed by atoms with Crippen LogP contribution in [0.1, 0.15) is 5.56 Å². The van der Waals surface area contributed by atoms with Gasteiger partial charge in [0, 0.05) is 17.1 Å². The number of anilines is 3. The van der Waals surface area contributed by atoms with Crippen molar-refractivity contribution in [1.29, 1.82) is 0 Å². The van der Waals surface area contributed by atoms with Crippen LogP contribution >= 0.6 is 0 Å². The van der Waals surface area contributed by atoms with Crippen LogP contribution in [0.15, 0.2) is 77.7 Å². The Morgan fingerprint density at radius 3 is 2.06 bits per heavy atom. The minimum absolute atomic E-state index is 0.0206. The number of rotatable bonds is 6. The fourth-order valence-corrected chi connectivity index (χ4v) is 4.05. The summed E-state index contributed by atoms with van der Waals surface area (Å²) in [7, 11) is -3.91. The summed E-state index contributed by atoms with van der Waals surface area (Å²) in [6.07, 6.45) is -4.81. The second-order valence-electron chi connectivity index (χ2n) is 6.60. The fourth-order valence-electron chi connectivity index (χ4n) is 2.72. The number of ether oxygens (including phenoxy) is 1. The molecule has 3 aromatic rings. The molecule has 0 spiro atoms. The molecule has 0 atom stereocenters. The number of hydrogen-bond donors (Lipinski definition) is 3. The molecular formula is C21H18F3N3O4S. The molecule has 7 nitrogen and oxygen atoms in total. The highest BCUT2D eigenvalue weighted by atomic mass is 32.2. The molecule has 32 heavy (non-hydrogen) atoms. The summed E-state index contributed by atoms with van der Waals surface area (Å²) in [5.74, 6) is -0.428. The zero-order valence-corrected chi connectivity index (χ0v) is 17.4. The van der Waals surface area contributed by atoms with Crippen molar-refractivity contribution in [3.05, 3.63) is 78.4 Å². The molecule has 168 valence electrons. The van der Waals surface area contributed by atoms with Crippen LogP contribution < -0.4 is 20.1 Å². The molecule has 2 amide bonds. The van der Waals surface area contributed by atoms with Crippen LogP contribution in [0.5, 0.6) is 5.75 Å². The number of alkyl halides is 3. The van der Waals surface area contributed by atoms with E-state index in [1.807, 2.05) is 0 Å². The lowest BCUT2D eigenvalue weighted by Gasteiger charge is -2.13. The van der Waals surface area contributed by atoms with Crippen LogP contribution in [-0.4, -0.2) is 20.8 Å². The molecule has 0 aliphatic heterocycles. The summed E-state index contributed by atoms with van der Waals surface area (Å²) in [6.45, 7) is 1.62. The molecule has 3 N–H and O–H groups in total. The molecule has 0 bridgehead atoms. The first-order valence-electron chi connectivity index (χ1n) is 9.14. The van der Waals surface area contributed by atoms with E-state index in [9.17, 15) is 26.4 Å². The molecular weight excluding hydrogens is 447 g/mol. The SMILES string of the molecule is Cc1ccc(NC(=O)Nc2ccc(OC(F)(F)F)cc2)cc1S(=O)(=O)Nc1ccccc1. The Balaban J connectivity index is 1.69. The third kappa shape index (κ3) is 6.38. The van der Waals surface area contributed by atoms with Crippen LogP contribution in [-0.2, 0) is 10.0 Å². The number of hydrogen-bond acceptors (Lipinski definition) is 4. The van der Waals surface area contributed by atoms with Crippen LogP contribution in [0.4, 0.5) is 35.0 Å². The van der Waals surface area contributed by atoms with E-state index in [-0.39, 0.29) is 16.3 Å². The number of para-hydroxylation sites is 1. The normalized spacial score (nSPS) is 11.5. The number of aryl methyl sites for hydroxylation is 1. The first-order chi connectivity index (χ1) is 15.0. The monoisotopic (exact) mass is 465 g/mol. The topological polar surface area (TPSA) is 96.5 Å². The number of urea groups is 1. The summed E-state index contributed by atoms with van der Waals surface area (Å²) < 4.78 is 68.4. The zero-order valence-electron chi connectivity index (χ0n) is 16.6. The lowest BCUT2D eigenvalue weighted by atomic mass is 10.2. The number of benzene rings is 3. The summed E-state index contributed by atoms with van der Waals surface area (Å²) in [5.41, 5.74) is 1.28. The van der Waals surface area contributed by atoms with Crippen molar-refractivity contribution in [3.8, 4) is 5.75 Å². The van der Waals surface area contributed by atoms with E-state index >= 15 is 0 Å². The molecule has 0 aliphatic carbocycles. The van der Waals surface area contributed by atoms with Crippen LogP contribution in [0, 0.1) is 6.92 Å². The van der Waals surface area contributed by atoms with E-state index < -0.39 is 28.2 Å². The quantitative estimate of drug-likeness (QED) is 0.458. The van der Waals surface area contributed by atoms with Gasteiger partial charge in [0.1, 0.15) is 5.75 Å². The smallest absolute Gasteiger partial charge is 0.406 e. The summed E-state index contributed by atoms with van der Waals surface area (Å²) in [5, 5.41) is 4.93. The number of sulfonamides is 1. The largest absolute Gasteiger partial charge is 0.573 e. The van der Waals surface area contributed by atoms with E-state index in [0.29, 0.717) is 11.3 Å². The second-order valence-corrected chi connectivity index (χ2v) is 8.25. The van der Waals surface area contributed by atoms with E-state index in [4.69, 9.17) is 0 Å². The maximum absolute atomic E-state index is 12.8. The van der Waals surface area contributed by atoms with Gasteiger partial charge in [-0.25, -0.2) is 13.2 Å². The van der Waals surface area contributed by atoms with Gasteiger partial charge in [-0.3, -0.25) is 4.72 Å². The lowest BCUT2D eigenvalue weighted by Crippen LogP contribution is -2.20. The Bertz CT molecular complexity index is 1200. The van der Waals surface area contributed by atoms with Gasteiger partial charge in [-0.2, -0.15) is 0 Å². The maximum Gasteiger partial charge on any atom is 0.573 e. The Morgan fingerprint density at radius 1 is 0.844 bits per heavy atom. The Morgan fingerprint density at radius 2 is 1.44 bits per heavy atom. The van der Waals surface area contributed by atoms with Crippen molar-refractivity contribution in [2.24, 2.45) is 0 Å². The van der Waals surface area contributed by atoms with Crippen LogP contribution in [0.2, 0.25) is 0 Å². The standard InChI is InChI=1S/C21H18F3N3O4S/c1-14-7-8-17(13-19(14)32(29,30)27-16-5-3-2-4-6-16)26-20(28)25-15-9-11-18(12-10-15)31-21(22,23)24/h2-13,27H,1H3,(H2,25,26,28). The molecule has 0 aromatic heterocycles. The third-order valence-electron chi connectivity index (χ3n) is 4.11. The molecule has 3 aromatic carbocycles. The zero-order chi connectivity index (χ0) is 23.4. The lowest BCUT2D eigenvalue weighted by molar-refractivity contribution is -0.274. The van der Waals surface area contributed by atoms with Gasteiger partial charge in [0.15, 0.2) is 0 Å². The summed E-state index contributed by atoms with van der Waals surface area (Å²) in [6, 6.07) is 16.6. The first-order valence-corrected chi connectivity index (χ1v) is 10.6. The van der Waals surface area contributed by atoms with Gasteiger partial charge in [0.2, 0.25) is 0 Å². The highest BCUT2D eigenvalue weighted by Crippen LogP contribution is 2.25. The first kappa shape index (κ1) is 22.9. The van der Waals surface area contributed by atoms with Crippen molar-refractivity contribution in [1.82, 2.24) is 0 Å². The summed E-state index contributed by atoms with van der Waals surface area (Å²) in [4.78, 5) is 12.2. The molecule has 0 heterocycles. The van der Waals surface area contributed by atoms with Gasteiger partial charge in [-0.15, -0.1) is 13.2 Å². The third-order valence-corrected chi connectivity index (χ3v) is 5.63. The minimum Gasteiger partial charge on any atom is -0.406 e. The molecule has 0 radical (unpaired) electrons. The van der Waals surface area contributed by atoms with Gasteiger partial charge in [-0.1, -0.05) is 24.3 Å². The highest BCUT2D eigenvalue weighted by Gasteiger charge is 2.31. The van der Waals surface area contributed by atoms with Crippen molar-refractivity contribution in [2.45, 2.75) is 18.2 Å². The Kier molecular flexibility index (Phi) is 6.58. The van der Waals surface area contributed by atoms with Crippen LogP contribution in [0.3, 0.4) is 0 Å². The molecule has 0 saturated heterocycles. The van der Waals surface area contributed by atoms with E-state index in [2.05, 4.69) is 20.1 Å². The maximum atomic E-state index is 12.8. The predicted octanol–water partition coefficient (Wildman–Crippen LogP) is 5.34. The Hall–Kier alpha value is -3.73. The van der Waals surface area contributed by atoms with Crippen molar-refractivity contribution in [2.75, 3.05) is 15.4 Å². The van der Waals surface area contributed by atoms with Crippen molar-refractivity contribution >= 4 is 33.1 Å². The average Bonchev–Trinajstić information content (AvgIpc) is 2.70. The molecule has 0 fully saturated rings. The van der Waals surface area contributed by atoms with E-state index in [1.165, 1.54) is 24.3 Å². The second kappa shape index (κ2) is 9.18. The predicted molar refractivity (Wildman–Crippen MR) is 114 cm³/mol. The molecule has 0 saturated carbocycles. The molecule has 0 aliphatic rings. The van der Waals surface area contributed by atoms with Crippen LogP contribution in [0.25, 0.3) is 0 Å². The molecule has 3 rings (SSSR count). The molecule has 0 unspecified atom stereocenters. The van der Waals surface area contributed by atoms with Gasteiger partial charge in [0.05, 0.1) is 4.90 Å². The van der Waals surface area contributed by atoms with Gasteiger partial charge in [-0.05, 0) is 61.0 Å². The van der Waals surface area contributed by atoms with E-state index in [0.717, 1.165) is 12.1 Å². The van der Waals surface area contributed by atoms with Crippen molar-refractivity contribution < 1.29 is 31.1 Å². The number of amides is 2. The minimum atomic E-state index is -4.81. The van der Waals surface area contributed by atoms with E-state index in [1.54, 1.807) is 43.3 Å². The average molecular weight is 465 g/mol. The number of nitrogens with one attached hydrogen (secondary N) is 3. The van der Waals surface area contributed by atoms with Gasteiger partial charge < -0.3 is 15.4 Å². The number of carbonyl (C=O) groups excluding carboxylic acids is 1.